The molecule has 0 aromatic heterocycles. The SMILES string of the molecule is CCN(Cc1cc(O)c2c(c1C(F)(F)F)C[C@H]1C[C@H]3[C@H](N(C)C)C(O)=C(C(N)=O)C4(O)O[C@]34C(=O)C1=C2O)CC(C)(C)C. The Labute approximate surface area is 247 Å². The van der Waals surface area contributed by atoms with E-state index in [9.17, 15) is 43.2 Å². The molecule has 13 heteroatoms. The second kappa shape index (κ2) is 9.68. The highest BCUT2D eigenvalue weighted by atomic mass is 19.4. The van der Waals surface area contributed by atoms with E-state index in [-0.39, 0.29) is 41.5 Å². The van der Waals surface area contributed by atoms with Crippen LogP contribution >= 0.6 is 0 Å². The molecule has 1 spiro atoms. The minimum atomic E-state index is -4.85. The number of carbonyl (C=O) groups is 2. The van der Waals surface area contributed by atoms with Crippen LogP contribution in [0.1, 0.15) is 56.4 Å². The van der Waals surface area contributed by atoms with Crippen LogP contribution in [0.5, 0.6) is 5.75 Å². The number of aliphatic hydroxyl groups excluding tert-OH is 2. The molecule has 5 rings (SSSR count). The van der Waals surface area contributed by atoms with Crippen molar-refractivity contribution in [2.24, 2.45) is 23.0 Å². The monoisotopic (exact) mass is 609 g/mol. The molecule has 43 heavy (non-hydrogen) atoms. The van der Waals surface area contributed by atoms with E-state index in [1.165, 1.54) is 4.90 Å². The first-order valence-corrected chi connectivity index (χ1v) is 14.2. The Hall–Kier alpha value is -3.13. The second-order valence-corrected chi connectivity index (χ2v) is 13.5. The summed E-state index contributed by atoms with van der Waals surface area (Å²) in [7, 11) is 3.12. The normalized spacial score (nSPS) is 30.3. The van der Waals surface area contributed by atoms with Gasteiger partial charge in [-0.25, -0.2) is 0 Å². The van der Waals surface area contributed by atoms with Crippen LogP contribution in [0.15, 0.2) is 23.0 Å². The number of nitrogens with zero attached hydrogens (tertiary/aromatic N) is 2. The molecular formula is C30H38F3N3O7. The summed E-state index contributed by atoms with van der Waals surface area (Å²) in [6, 6.07) is -0.0615. The molecule has 1 aliphatic heterocycles. The van der Waals surface area contributed by atoms with E-state index < -0.39 is 81.1 Å². The van der Waals surface area contributed by atoms with Crippen molar-refractivity contribution in [3.63, 3.8) is 0 Å². The Morgan fingerprint density at radius 3 is 2.33 bits per heavy atom. The van der Waals surface area contributed by atoms with Gasteiger partial charge in [-0.05, 0) is 62.0 Å². The number of phenolic OH excluding ortho intramolecular Hbond substituents is 1. The van der Waals surface area contributed by atoms with Gasteiger partial charge in [0, 0.05) is 24.6 Å². The lowest BCUT2D eigenvalue weighted by Gasteiger charge is -2.46. The number of aromatic hydroxyl groups is 1. The number of phenols is 1. The smallest absolute Gasteiger partial charge is 0.417 e. The second-order valence-electron chi connectivity index (χ2n) is 13.5. The first-order valence-electron chi connectivity index (χ1n) is 14.2. The number of fused-ring (bicyclic) bond motifs is 2. The van der Waals surface area contributed by atoms with E-state index in [1.54, 1.807) is 14.1 Å². The number of rotatable bonds is 6. The maximum Gasteiger partial charge on any atom is 0.417 e. The van der Waals surface area contributed by atoms with Crippen molar-refractivity contribution in [3.8, 4) is 5.75 Å². The molecule has 1 saturated carbocycles. The van der Waals surface area contributed by atoms with Gasteiger partial charge in [0.25, 0.3) is 5.91 Å². The Morgan fingerprint density at radius 2 is 1.81 bits per heavy atom. The summed E-state index contributed by atoms with van der Waals surface area (Å²) in [6.07, 6.45) is -5.28. The summed E-state index contributed by atoms with van der Waals surface area (Å²) in [6.45, 7) is 8.60. The van der Waals surface area contributed by atoms with Gasteiger partial charge in [0.05, 0.1) is 17.2 Å². The van der Waals surface area contributed by atoms with Crippen molar-refractivity contribution in [3.05, 3.63) is 45.2 Å². The van der Waals surface area contributed by atoms with Crippen LogP contribution in [-0.4, -0.2) is 86.5 Å². The van der Waals surface area contributed by atoms with E-state index >= 15 is 0 Å². The number of benzene rings is 1. The summed E-state index contributed by atoms with van der Waals surface area (Å²) < 4.78 is 50.0. The number of nitrogens with two attached hydrogens (primary N) is 1. The third-order valence-corrected chi connectivity index (χ3v) is 9.14. The highest BCUT2D eigenvalue weighted by Gasteiger charge is 2.86. The number of primary amides is 1. The Bertz CT molecular complexity index is 1480. The zero-order valence-electron chi connectivity index (χ0n) is 25.0. The highest BCUT2D eigenvalue weighted by Crippen LogP contribution is 2.67. The topological polar surface area (TPSA) is 160 Å². The number of ketones is 1. The van der Waals surface area contributed by atoms with Gasteiger partial charge in [0.2, 0.25) is 11.6 Å². The summed E-state index contributed by atoms with van der Waals surface area (Å²) in [5.74, 6) is -8.73. The van der Waals surface area contributed by atoms with E-state index in [4.69, 9.17) is 10.5 Å². The molecule has 0 bridgehead atoms. The summed E-state index contributed by atoms with van der Waals surface area (Å²) in [5, 5.41) is 44.8. The first-order chi connectivity index (χ1) is 19.7. The fourth-order valence-electron chi connectivity index (χ4n) is 7.66. The van der Waals surface area contributed by atoms with Gasteiger partial charge in [-0.15, -0.1) is 0 Å². The van der Waals surface area contributed by atoms with E-state index in [1.807, 2.05) is 32.6 Å². The Morgan fingerprint density at radius 1 is 1.19 bits per heavy atom. The molecule has 4 aliphatic rings. The van der Waals surface area contributed by atoms with Crippen molar-refractivity contribution < 1.29 is 47.9 Å². The van der Waals surface area contributed by atoms with Crippen molar-refractivity contribution in [2.45, 2.75) is 70.7 Å². The highest BCUT2D eigenvalue weighted by molar-refractivity contribution is 6.14. The molecule has 2 fully saturated rings. The average Bonchev–Trinajstić information content (AvgIpc) is 3.46. The number of aliphatic hydroxyl groups is 3. The quantitative estimate of drug-likeness (QED) is 0.306. The first kappa shape index (κ1) is 31.3. The van der Waals surface area contributed by atoms with Gasteiger partial charge in [-0.3, -0.25) is 19.4 Å². The zero-order chi connectivity index (χ0) is 32.2. The van der Waals surface area contributed by atoms with Gasteiger partial charge in [-0.2, -0.15) is 13.2 Å². The van der Waals surface area contributed by atoms with Crippen LogP contribution in [0.2, 0.25) is 0 Å². The average molecular weight is 610 g/mol. The fourth-order valence-corrected chi connectivity index (χ4v) is 7.66. The number of amides is 1. The van der Waals surface area contributed by atoms with Crippen molar-refractivity contribution >= 4 is 17.4 Å². The van der Waals surface area contributed by atoms with Gasteiger partial charge >= 0.3 is 6.18 Å². The molecule has 1 aromatic rings. The minimum absolute atomic E-state index is 0.0841. The number of alkyl halides is 3. The molecule has 1 unspecified atom stereocenters. The number of hydrogen-bond donors (Lipinski definition) is 5. The molecule has 1 amide bonds. The number of Topliss-reactive ketones (excluding diaryl/α,β-unsaturated/α-hetero) is 1. The summed E-state index contributed by atoms with van der Waals surface area (Å²) in [4.78, 5) is 29.7. The summed E-state index contributed by atoms with van der Waals surface area (Å²) >= 11 is 0. The molecule has 10 nitrogen and oxygen atoms in total. The minimum Gasteiger partial charge on any atom is -0.510 e. The lowest BCUT2D eigenvalue weighted by Crippen LogP contribution is -2.60. The molecule has 6 N–H and O–H groups in total. The lowest BCUT2D eigenvalue weighted by atomic mass is 9.58. The van der Waals surface area contributed by atoms with Crippen LogP contribution in [0.3, 0.4) is 0 Å². The van der Waals surface area contributed by atoms with Gasteiger partial charge in [0.1, 0.15) is 22.8 Å². The molecular weight excluding hydrogens is 571 g/mol. The molecule has 0 radical (unpaired) electrons. The number of carbonyl (C=O) groups excluding carboxylic acids is 2. The van der Waals surface area contributed by atoms with Gasteiger partial charge in [0.15, 0.2) is 5.60 Å². The molecule has 5 atom stereocenters. The van der Waals surface area contributed by atoms with E-state index in [2.05, 4.69) is 0 Å². The van der Waals surface area contributed by atoms with Crippen molar-refractivity contribution in [1.82, 2.24) is 9.80 Å². The molecule has 3 aliphatic carbocycles. The number of likely N-dealkylation sites (N-methyl/N-ethyl adjacent to an activating group) is 1. The standard InChI is InChI=1S/C30H38F3N3O7/c1-7-36(12-27(2,3)4)11-14-10-17(37)19-15(20(14)30(31,32)33)8-13-9-16-22(35(5)6)24(39)21(26(34)41)29(42)28(16,43-29)25(40)18(13)23(19)38/h10,13,16,22,37-39,42H,7-9,11-12H2,1-6H3,(H2,34,41)/t13-,16-,22-,28-,29?/m0/s1. The lowest BCUT2D eigenvalue weighted by molar-refractivity contribution is -0.139. The Balaban J connectivity index is 1.68. The van der Waals surface area contributed by atoms with Crippen LogP contribution in [0, 0.1) is 17.3 Å². The number of ether oxygens (including phenoxy) is 1. The number of hydrogen-bond acceptors (Lipinski definition) is 9. The number of epoxide rings is 1. The van der Waals surface area contributed by atoms with Crippen LogP contribution in [0.25, 0.3) is 5.76 Å². The third-order valence-electron chi connectivity index (χ3n) is 9.14. The molecule has 1 aromatic carbocycles. The van der Waals surface area contributed by atoms with Gasteiger partial charge < -0.3 is 30.9 Å². The maximum absolute atomic E-state index is 14.8. The van der Waals surface area contributed by atoms with E-state index in [0.29, 0.717) is 13.1 Å². The van der Waals surface area contributed by atoms with Crippen molar-refractivity contribution in [2.75, 3.05) is 27.2 Å². The van der Waals surface area contributed by atoms with Crippen LogP contribution in [-0.2, 0) is 33.5 Å². The predicted octanol–water partition coefficient (Wildman–Crippen LogP) is 3.01. The van der Waals surface area contributed by atoms with Crippen LogP contribution in [0.4, 0.5) is 13.2 Å². The molecule has 1 heterocycles. The molecule has 236 valence electrons. The van der Waals surface area contributed by atoms with Crippen molar-refractivity contribution in [1.29, 1.82) is 0 Å². The van der Waals surface area contributed by atoms with Crippen LogP contribution < -0.4 is 5.73 Å². The van der Waals surface area contributed by atoms with Gasteiger partial charge in [-0.1, -0.05) is 27.7 Å². The fraction of sp³-hybridized carbons (Fsp3) is 0.600. The van der Waals surface area contributed by atoms with E-state index in [0.717, 1.165) is 6.07 Å². The molecule has 1 saturated heterocycles. The third kappa shape index (κ3) is 4.46. The zero-order valence-corrected chi connectivity index (χ0v) is 25.0. The maximum atomic E-state index is 14.8. The predicted molar refractivity (Wildman–Crippen MR) is 148 cm³/mol. The largest absolute Gasteiger partial charge is 0.510 e. The summed E-state index contributed by atoms with van der Waals surface area (Å²) in [5.41, 5.74) is 0.193. The Kier molecular flexibility index (Phi) is 7.05. The number of halogens is 3.